The van der Waals surface area contributed by atoms with E-state index < -0.39 is 12.4 Å². The lowest BCUT2D eigenvalue weighted by Crippen LogP contribution is -2.40. The van der Waals surface area contributed by atoms with Crippen molar-refractivity contribution in [3.8, 4) is 0 Å². The molecule has 0 saturated carbocycles. The van der Waals surface area contributed by atoms with E-state index in [1.54, 1.807) is 16.7 Å². The van der Waals surface area contributed by atoms with Crippen LogP contribution in [-0.4, -0.2) is 45.1 Å². The van der Waals surface area contributed by atoms with Gasteiger partial charge in [-0.15, -0.1) is 11.8 Å². The lowest BCUT2D eigenvalue weighted by molar-refractivity contribution is -0.0151. The third-order valence-corrected chi connectivity index (χ3v) is 5.99. The summed E-state index contributed by atoms with van der Waals surface area (Å²) in [5.74, 6) is 0.633. The summed E-state index contributed by atoms with van der Waals surface area (Å²) < 4.78 is 5.13. The van der Waals surface area contributed by atoms with Crippen LogP contribution in [-0.2, 0) is 11.3 Å². The zero-order valence-electron chi connectivity index (χ0n) is 13.9. The Bertz CT molecular complexity index is 802. The molecule has 0 aliphatic carbocycles. The lowest BCUT2D eigenvalue weighted by atomic mass is 10.2. The molecule has 2 aromatic carbocycles. The monoisotopic (exact) mass is 370 g/mol. The summed E-state index contributed by atoms with van der Waals surface area (Å²) in [5, 5.41) is 9.03. The number of nitrogens with zero attached hydrogens (tertiary/aromatic N) is 2. The van der Waals surface area contributed by atoms with Gasteiger partial charge in [-0.2, -0.15) is 0 Å². The molecular weight excluding hydrogens is 352 g/mol. The van der Waals surface area contributed by atoms with Gasteiger partial charge in [0.05, 0.1) is 6.54 Å². The van der Waals surface area contributed by atoms with Gasteiger partial charge in [0.1, 0.15) is 11.4 Å². The van der Waals surface area contributed by atoms with Crippen molar-refractivity contribution in [1.29, 1.82) is 0 Å². The molecule has 4 rings (SSSR count). The predicted octanol–water partition coefficient (Wildman–Crippen LogP) is 3.76. The Kier molecular flexibility index (Phi) is 4.46. The average molecular weight is 370 g/mol. The Hall–Kier alpha value is -2.67. The molecule has 2 fully saturated rings. The molecule has 26 heavy (non-hydrogen) atoms. The van der Waals surface area contributed by atoms with Crippen molar-refractivity contribution in [2.45, 2.75) is 24.2 Å². The fourth-order valence-corrected chi connectivity index (χ4v) is 4.97. The zero-order chi connectivity index (χ0) is 18.1. The van der Waals surface area contributed by atoms with Crippen molar-refractivity contribution in [2.24, 2.45) is 0 Å². The van der Waals surface area contributed by atoms with Crippen molar-refractivity contribution >= 4 is 23.9 Å². The molecule has 6 nitrogen and oxygen atoms in total. The van der Waals surface area contributed by atoms with E-state index in [1.165, 1.54) is 4.90 Å². The maximum absolute atomic E-state index is 13.1. The van der Waals surface area contributed by atoms with Gasteiger partial charge in [0.25, 0.3) is 0 Å². The van der Waals surface area contributed by atoms with E-state index in [2.05, 4.69) is 0 Å². The molecule has 0 spiro atoms. The summed E-state index contributed by atoms with van der Waals surface area (Å²) >= 11 is 1.64. The Balaban J connectivity index is 1.64. The number of carboxylic acid groups (broad SMARTS) is 1. The molecule has 2 aliphatic heterocycles. The number of carbonyl (C=O) groups excluding carboxylic acids is 1. The predicted molar refractivity (Wildman–Crippen MR) is 97.5 cm³/mol. The summed E-state index contributed by atoms with van der Waals surface area (Å²) in [6, 6.07) is 18.8. The van der Waals surface area contributed by atoms with Gasteiger partial charge in [-0.05, 0) is 11.1 Å². The fourth-order valence-electron chi connectivity index (χ4n) is 3.51. The van der Waals surface area contributed by atoms with Crippen LogP contribution < -0.4 is 0 Å². The van der Waals surface area contributed by atoms with Gasteiger partial charge in [0, 0.05) is 5.75 Å². The first-order chi connectivity index (χ1) is 12.6. The van der Waals surface area contributed by atoms with Gasteiger partial charge >= 0.3 is 12.2 Å². The highest BCUT2D eigenvalue weighted by Gasteiger charge is 2.54. The Labute approximate surface area is 155 Å². The SMILES string of the molecule is O=C(O)OC1[C@@H]2CSC(c3ccccc3)N2C(=O)N1Cc1ccccc1. The molecule has 2 aliphatic rings. The minimum atomic E-state index is -1.36. The molecule has 1 N–H and O–H groups in total. The number of rotatable bonds is 4. The molecule has 0 radical (unpaired) electrons. The normalized spacial score (nSPS) is 24.6. The van der Waals surface area contributed by atoms with Crippen molar-refractivity contribution in [2.75, 3.05) is 5.75 Å². The molecular formula is C19H18N2O4S. The van der Waals surface area contributed by atoms with Gasteiger partial charge in [0.15, 0.2) is 0 Å². The van der Waals surface area contributed by atoms with E-state index in [9.17, 15) is 9.59 Å². The van der Waals surface area contributed by atoms with Gasteiger partial charge in [-0.1, -0.05) is 60.7 Å². The number of carbonyl (C=O) groups is 2. The first-order valence-electron chi connectivity index (χ1n) is 8.34. The number of thioether (sulfide) groups is 1. The van der Waals surface area contributed by atoms with E-state index >= 15 is 0 Å². The Morgan fingerprint density at radius 3 is 2.42 bits per heavy atom. The summed E-state index contributed by atoms with van der Waals surface area (Å²) in [4.78, 5) is 27.6. The second-order valence-corrected chi connectivity index (χ2v) is 7.35. The first kappa shape index (κ1) is 16.8. The summed E-state index contributed by atoms with van der Waals surface area (Å²) in [6.07, 6.45) is -2.17. The third-order valence-electron chi connectivity index (χ3n) is 4.64. The molecule has 7 heteroatoms. The van der Waals surface area contributed by atoms with E-state index in [0.29, 0.717) is 12.3 Å². The minimum absolute atomic E-state index is 0.130. The van der Waals surface area contributed by atoms with Crippen molar-refractivity contribution in [3.05, 3.63) is 71.8 Å². The summed E-state index contributed by atoms with van der Waals surface area (Å²) in [5.41, 5.74) is 1.97. The van der Waals surface area contributed by atoms with E-state index in [1.807, 2.05) is 60.7 Å². The molecule has 2 amide bonds. The van der Waals surface area contributed by atoms with Crippen LogP contribution in [0.2, 0.25) is 0 Å². The van der Waals surface area contributed by atoms with Crippen LogP contribution in [0.25, 0.3) is 0 Å². The van der Waals surface area contributed by atoms with Crippen LogP contribution in [0.15, 0.2) is 60.7 Å². The smallest absolute Gasteiger partial charge is 0.450 e. The van der Waals surface area contributed by atoms with Crippen LogP contribution in [0.1, 0.15) is 16.5 Å². The lowest BCUT2D eigenvalue weighted by Gasteiger charge is -2.24. The van der Waals surface area contributed by atoms with Crippen LogP contribution >= 0.6 is 11.8 Å². The number of ether oxygens (including phenoxy) is 1. The first-order valence-corrected chi connectivity index (χ1v) is 9.39. The van der Waals surface area contributed by atoms with Crippen LogP contribution in [0.5, 0.6) is 0 Å². The maximum Gasteiger partial charge on any atom is 0.507 e. The number of amides is 2. The van der Waals surface area contributed by atoms with Gasteiger partial charge < -0.3 is 9.84 Å². The maximum atomic E-state index is 13.1. The van der Waals surface area contributed by atoms with E-state index in [4.69, 9.17) is 9.84 Å². The second kappa shape index (κ2) is 6.92. The van der Waals surface area contributed by atoms with Crippen LogP contribution in [0, 0.1) is 0 Å². The second-order valence-electron chi connectivity index (χ2n) is 6.24. The number of benzene rings is 2. The van der Waals surface area contributed by atoms with Crippen molar-refractivity contribution in [1.82, 2.24) is 9.80 Å². The highest BCUT2D eigenvalue weighted by atomic mass is 32.2. The highest BCUT2D eigenvalue weighted by Crippen LogP contribution is 2.47. The van der Waals surface area contributed by atoms with Crippen molar-refractivity contribution in [3.63, 3.8) is 0 Å². The third kappa shape index (κ3) is 2.99. The summed E-state index contributed by atoms with van der Waals surface area (Å²) in [7, 11) is 0. The van der Waals surface area contributed by atoms with Gasteiger partial charge in [-0.3, -0.25) is 9.80 Å². The number of hydrogen-bond donors (Lipinski definition) is 1. The van der Waals surface area contributed by atoms with E-state index in [0.717, 1.165) is 11.1 Å². The number of urea groups is 1. The molecule has 0 aromatic heterocycles. The summed E-state index contributed by atoms with van der Waals surface area (Å²) in [6.45, 7) is 0.316. The molecule has 2 saturated heterocycles. The number of fused-ring (bicyclic) bond motifs is 1. The Morgan fingerprint density at radius 1 is 1.12 bits per heavy atom. The van der Waals surface area contributed by atoms with Crippen LogP contribution in [0.3, 0.4) is 0 Å². The average Bonchev–Trinajstić information content (AvgIpc) is 3.19. The highest BCUT2D eigenvalue weighted by molar-refractivity contribution is 7.99. The molecule has 2 aromatic rings. The van der Waals surface area contributed by atoms with E-state index in [-0.39, 0.29) is 17.4 Å². The minimum Gasteiger partial charge on any atom is -0.450 e. The molecule has 0 bridgehead atoms. The quantitative estimate of drug-likeness (QED) is 0.830. The standard InChI is InChI=1S/C19H18N2O4S/c22-18-20(11-13-7-3-1-4-8-13)16(25-19(23)24)15-12-26-17(21(15)18)14-9-5-2-6-10-14/h1-10,15-17H,11-12H2,(H,23,24)/t15-,16?,17?/m0/s1. The zero-order valence-corrected chi connectivity index (χ0v) is 14.7. The number of hydrogen-bond acceptors (Lipinski definition) is 4. The molecule has 2 heterocycles. The van der Waals surface area contributed by atoms with Crippen molar-refractivity contribution < 1.29 is 19.4 Å². The largest absolute Gasteiger partial charge is 0.507 e. The molecule has 2 unspecified atom stereocenters. The fraction of sp³-hybridized carbons (Fsp3) is 0.263. The Morgan fingerprint density at radius 2 is 1.77 bits per heavy atom. The topological polar surface area (TPSA) is 70.1 Å². The molecule has 134 valence electrons. The van der Waals surface area contributed by atoms with Crippen LogP contribution in [0.4, 0.5) is 9.59 Å². The molecule has 3 atom stereocenters. The van der Waals surface area contributed by atoms with Gasteiger partial charge in [-0.25, -0.2) is 9.59 Å². The van der Waals surface area contributed by atoms with Gasteiger partial charge in [0.2, 0.25) is 6.23 Å².